The van der Waals surface area contributed by atoms with Crippen molar-refractivity contribution in [3.05, 3.63) is 106 Å². The molecule has 0 bridgehead atoms. The number of nitrogens with two attached hydrogens (primary N) is 1. The lowest BCUT2D eigenvalue weighted by Crippen LogP contribution is -2.42. The van der Waals surface area contributed by atoms with Crippen LogP contribution in [0, 0.1) is 35.5 Å². The third kappa shape index (κ3) is 12.3. The van der Waals surface area contributed by atoms with Crippen LogP contribution in [-0.4, -0.2) is 59.3 Å². The Labute approximate surface area is 399 Å². The van der Waals surface area contributed by atoms with E-state index in [0.717, 1.165) is 66.6 Å². The number of phenolic OH excluding ortho intramolecular Hbond substituents is 1. The highest BCUT2D eigenvalue weighted by Gasteiger charge is 2.51. The zero-order valence-corrected chi connectivity index (χ0v) is 40.5. The number of aromatic amines is 1. The van der Waals surface area contributed by atoms with Gasteiger partial charge in [-0.15, -0.1) is 5.75 Å². The maximum atomic E-state index is 13.8. The first-order valence-electron chi connectivity index (χ1n) is 25.7. The van der Waals surface area contributed by atoms with E-state index in [0.29, 0.717) is 73.7 Å². The number of aliphatic hydroxyl groups excluding tert-OH is 2. The predicted octanol–water partition coefficient (Wildman–Crippen LogP) is 10.7. The Morgan fingerprint density at radius 1 is 0.910 bits per heavy atom. The van der Waals surface area contributed by atoms with E-state index < -0.39 is 23.6 Å². The van der Waals surface area contributed by atoms with Gasteiger partial charge in [-0.25, -0.2) is 4.98 Å². The van der Waals surface area contributed by atoms with E-state index >= 15 is 0 Å². The molecule has 8 N–H and O–H groups in total. The Morgan fingerprint density at radius 2 is 1.67 bits per heavy atom. The van der Waals surface area contributed by atoms with Crippen LogP contribution in [0.3, 0.4) is 0 Å². The van der Waals surface area contributed by atoms with Crippen LogP contribution in [0.15, 0.2) is 72.9 Å². The summed E-state index contributed by atoms with van der Waals surface area (Å²) in [5.41, 5.74) is 12.2. The Morgan fingerprint density at radius 3 is 2.37 bits per heavy atom. The Kier molecular flexibility index (Phi) is 17.0. The van der Waals surface area contributed by atoms with Crippen molar-refractivity contribution in [1.82, 2.24) is 9.97 Å². The number of aryl methyl sites for hydroxylation is 1. The van der Waals surface area contributed by atoms with Crippen molar-refractivity contribution in [2.45, 2.75) is 173 Å². The van der Waals surface area contributed by atoms with Crippen molar-refractivity contribution >= 4 is 11.8 Å². The van der Waals surface area contributed by atoms with Crippen molar-refractivity contribution in [3.63, 3.8) is 0 Å². The number of phenols is 1. The lowest BCUT2D eigenvalue weighted by Gasteiger charge is -2.40. The molecule has 2 saturated carbocycles. The minimum Gasteiger partial charge on any atom is -0.872 e. The fraction of sp³-hybridized carbons (Fsp3) is 0.579. The summed E-state index contributed by atoms with van der Waals surface area (Å²) in [6, 6.07) is 17.4. The summed E-state index contributed by atoms with van der Waals surface area (Å²) in [6.45, 7) is 8.60. The molecule has 0 radical (unpaired) electrons. The number of carboxylic acids is 1. The molecule has 10 heteroatoms. The van der Waals surface area contributed by atoms with Gasteiger partial charge in [0.1, 0.15) is 11.6 Å². The van der Waals surface area contributed by atoms with E-state index in [1.54, 1.807) is 12.3 Å². The summed E-state index contributed by atoms with van der Waals surface area (Å²) in [5, 5.41) is 71.3. The molecule has 2 aromatic heterocycles. The molecule has 3 aliphatic carbocycles. The second-order valence-electron chi connectivity index (χ2n) is 21.1. The number of pyridine rings is 1. The number of unbranched alkanes of at least 4 members (excludes halogenated alkanes) is 3. The van der Waals surface area contributed by atoms with Crippen LogP contribution in [0.4, 0.5) is 5.82 Å². The number of nitrogen functional groups attached to an aromatic ring is 1. The summed E-state index contributed by atoms with van der Waals surface area (Å²) in [5.74, 6) is -1.53. The number of benzene rings is 2. The molecule has 67 heavy (non-hydrogen) atoms. The molecule has 0 saturated heterocycles. The highest BCUT2D eigenvalue weighted by Crippen LogP contribution is 2.54. The van der Waals surface area contributed by atoms with Crippen molar-refractivity contribution in [1.29, 1.82) is 0 Å². The topological polar surface area (TPSA) is 196 Å². The number of hydrogen-bond acceptors (Lipinski definition) is 8. The lowest BCUT2D eigenvalue weighted by atomic mass is 9.69. The van der Waals surface area contributed by atoms with Crippen LogP contribution in [0.2, 0.25) is 0 Å². The summed E-state index contributed by atoms with van der Waals surface area (Å²) < 4.78 is 0. The molecular weight excluding hydrogens is 839 g/mol. The number of carboxylic acid groups (broad SMARTS) is 1. The first-order valence-corrected chi connectivity index (χ1v) is 25.7. The molecule has 0 spiro atoms. The van der Waals surface area contributed by atoms with Crippen LogP contribution in [0.25, 0.3) is 11.3 Å². The molecule has 2 heterocycles. The Balaban J connectivity index is 1.20. The van der Waals surface area contributed by atoms with E-state index in [1.807, 2.05) is 12.1 Å². The largest absolute Gasteiger partial charge is 0.872 e. The number of nitrogens with one attached hydrogen (secondary N) is 1. The van der Waals surface area contributed by atoms with Crippen molar-refractivity contribution in [2.24, 2.45) is 35.5 Å². The van der Waals surface area contributed by atoms with Crippen molar-refractivity contribution in [3.8, 4) is 22.8 Å². The van der Waals surface area contributed by atoms with Gasteiger partial charge in [-0.3, -0.25) is 4.79 Å². The number of H-pyrrole nitrogens is 1. The quantitative estimate of drug-likeness (QED) is 0.0375. The molecule has 0 amide bonds. The fourth-order valence-electron chi connectivity index (χ4n) is 12.4. The molecule has 0 aliphatic heterocycles. The number of carbonyl (C=O) groups is 1. The first-order chi connectivity index (χ1) is 32.2. The molecule has 7 rings (SSSR count). The highest BCUT2D eigenvalue weighted by molar-refractivity contribution is 5.73. The first kappa shape index (κ1) is 50.2. The number of rotatable bonds is 18. The standard InChI is InChI=1S/C57H79N3O7/c1-5-7-8-11-36-16-19-42(51(63)29-36)12-9-10-13-43-20-21-45(48-28-39(26-38-23-25-59-53(58)30-38)34-57(48,67)24-22-50(62)54(43)56(65)66)49-31-40(6-2)55(60-49)47-32-44(61)33-52(64)46(47)27-37-14-17-41(18-15-37)35(3)4/h14-19,23,25,30-33,35-36,39,42-43,45,48,50-51,54,60-64,67H,5-13,20-22,24,26-29,34H2,1-4H3,(H2,58,59)(H,65,66)/p-1/t36-,39+,42-,43+,45-,48+,50+,51-,54+,57+/m1/s1. The molecule has 10 nitrogen and oxygen atoms in total. The highest BCUT2D eigenvalue weighted by atomic mass is 16.4. The van der Waals surface area contributed by atoms with Crippen molar-refractivity contribution < 1.29 is 35.4 Å². The average Bonchev–Trinajstić information content (AvgIpc) is 3.86. The predicted molar refractivity (Wildman–Crippen MR) is 265 cm³/mol. The van der Waals surface area contributed by atoms with Gasteiger partial charge in [0.25, 0.3) is 0 Å². The van der Waals surface area contributed by atoms with Gasteiger partial charge in [-0.1, -0.05) is 96.2 Å². The molecule has 4 aromatic rings. The molecule has 0 unspecified atom stereocenters. The van der Waals surface area contributed by atoms with Crippen LogP contribution in [-0.2, 0) is 24.1 Å². The Bertz CT molecular complexity index is 2270. The number of hydrogen-bond donors (Lipinski definition) is 7. The monoisotopic (exact) mass is 917 g/mol. The van der Waals surface area contributed by atoms with E-state index in [-0.39, 0.29) is 60.0 Å². The van der Waals surface area contributed by atoms with Gasteiger partial charge >= 0.3 is 5.97 Å². The Hall–Kier alpha value is -4.64. The number of aliphatic carboxylic acids is 1. The maximum Gasteiger partial charge on any atom is 0.309 e. The average molecular weight is 917 g/mol. The SMILES string of the molecule is CCCCC[C@@H]1C=C[C@@H](CCCC[C@H]2CC[C@@H](c3cc(CC)c(-c4cc(O)cc([O-])c4Cc4ccc(C(C)C)cc4)[nH]3)[C@@H]3C[C@H](Cc4ccnc(N)c4)C[C@@]3(O)CC[C@H](O)[C@H]2C(=O)O)[C@H](O)C1. The second kappa shape index (κ2) is 22.6. The number of aromatic hydroxyl groups is 1. The van der Waals surface area contributed by atoms with Crippen LogP contribution >= 0.6 is 0 Å². The smallest absolute Gasteiger partial charge is 0.309 e. The number of allylic oxidation sites excluding steroid dienone is 1. The van der Waals surface area contributed by atoms with Gasteiger partial charge in [0, 0.05) is 35.0 Å². The fourth-order valence-corrected chi connectivity index (χ4v) is 12.4. The van der Waals surface area contributed by atoms with Crippen molar-refractivity contribution in [2.75, 3.05) is 5.73 Å². The van der Waals surface area contributed by atoms with E-state index in [2.05, 4.69) is 80.1 Å². The summed E-state index contributed by atoms with van der Waals surface area (Å²) >= 11 is 0. The summed E-state index contributed by atoms with van der Waals surface area (Å²) in [7, 11) is 0. The number of anilines is 1. The van der Waals surface area contributed by atoms with E-state index in [1.165, 1.54) is 30.9 Å². The van der Waals surface area contributed by atoms with Gasteiger partial charge in [-0.05, 0) is 171 Å². The maximum absolute atomic E-state index is 13.8. The van der Waals surface area contributed by atoms with Crippen LogP contribution < -0.4 is 10.8 Å². The zero-order valence-electron chi connectivity index (χ0n) is 40.5. The number of aliphatic hydroxyl groups is 3. The minimum atomic E-state index is -1.17. The van der Waals surface area contributed by atoms with Gasteiger partial charge in [0.15, 0.2) is 0 Å². The second-order valence-corrected chi connectivity index (χ2v) is 21.1. The molecule has 2 fully saturated rings. The zero-order chi connectivity index (χ0) is 47.8. The van der Waals surface area contributed by atoms with E-state index in [4.69, 9.17) is 5.73 Å². The van der Waals surface area contributed by atoms with Gasteiger partial charge in [0.05, 0.1) is 23.7 Å². The molecule has 2 aromatic carbocycles. The van der Waals surface area contributed by atoms with Gasteiger partial charge in [-0.2, -0.15) is 0 Å². The summed E-state index contributed by atoms with van der Waals surface area (Å²) in [4.78, 5) is 21.2. The van der Waals surface area contributed by atoms with Gasteiger partial charge < -0.3 is 41.4 Å². The molecule has 10 atom stereocenters. The summed E-state index contributed by atoms with van der Waals surface area (Å²) in [6.07, 6.45) is 18.0. The third-order valence-corrected chi connectivity index (χ3v) is 16.1. The number of fused-ring (bicyclic) bond motifs is 1. The molecule has 3 aliphatic rings. The minimum absolute atomic E-state index is 0.0951. The number of aromatic nitrogens is 2. The molecular formula is C57H78N3O7-. The third-order valence-electron chi connectivity index (χ3n) is 16.1. The van der Waals surface area contributed by atoms with E-state index in [9.17, 15) is 35.4 Å². The van der Waals surface area contributed by atoms with Crippen LogP contribution in [0.1, 0.15) is 169 Å². The van der Waals surface area contributed by atoms with Gasteiger partial charge in [0.2, 0.25) is 0 Å². The normalized spacial score (nSPS) is 27.9. The van der Waals surface area contributed by atoms with Crippen LogP contribution in [0.5, 0.6) is 11.5 Å². The lowest BCUT2D eigenvalue weighted by molar-refractivity contribution is -0.269. The molecule has 364 valence electrons. The number of nitrogens with zero attached hydrogens (tertiary/aromatic N) is 1.